The molecule has 3 heterocycles. The van der Waals surface area contributed by atoms with Crippen molar-refractivity contribution in [3.05, 3.63) is 47.2 Å². The number of piperidine rings is 1. The van der Waals surface area contributed by atoms with Gasteiger partial charge in [0.1, 0.15) is 6.10 Å². The number of anilines is 1. The molecule has 1 atom stereocenters. The lowest BCUT2D eigenvalue weighted by atomic mass is 9.99. The molecular weight excluding hydrogens is 340 g/mol. The van der Waals surface area contributed by atoms with E-state index in [1.807, 2.05) is 18.2 Å². The first kappa shape index (κ1) is 17.7. The lowest BCUT2D eigenvalue weighted by molar-refractivity contribution is 0.153. The van der Waals surface area contributed by atoms with Crippen LogP contribution in [0.2, 0.25) is 0 Å². The number of nitrogens with zero attached hydrogens (tertiary/aromatic N) is 4. The molecule has 1 aliphatic rings. The van der Waals surface area contributed by atoms with Gasteiger partial charge in [0.15, 0.2) is 5.65 Å². The Labute approximate surface area is 159 Å². The number of fused-ring (bicyclic) bond motifs is 1. The molecule has 2 aromatic heterocycles. The van der Waals surface area contributed by atoms with Crippen molar-refractivity contribution < 1.29 is 4.74 Å². The van der Waals surface area contributed by atoms with Crippen molar-refractivity contribution in [3.8, 4) is 6.01 Å². The molecule has 1 fully saturated rings. The highest BCUT2D eigenvalue weighted by molar-refractivity contribution is 5.56. The summed E-state index contributed by atoms with van der Waals surface area (Å²) in [6.07, 6.45) is 2.90. The maximum absolute atomic E-state index is 6.19. The molecule has 0 aliphatic carbocycles. The predicted octanol–water partition coefficient (Wildman–Crippen LogP) is 2.55. The number of benzene rings is 1. The van der Waals surface area contributed by atoms with E-state index in [2.05, 4.69) is 41.3 Å². The van der Waals surface area contributed by atoms with Crippen LogP contribution in [0.15, 0.2) is 30.3 Å². The molecule has 7 heteroatoms. The molecule has 0 spiro atoms. The monoisotopic (exact) mass is 366 g/mol. The van der Waals surface area contributed by atoms with Crippen LogP contribution in [0.3, 0.4) is 0 Å². The van der Waals surface area contributed by atoms with Crippen molar-refractivity contribution in [2.45, 2.75) is 45.1 Å². The van der Waals surface area contributed by atoms with Gasteiger partial charge < -0.3 is 15.8 Å². The first-order valence-electron chi connectivity index (χ1n) is 9.58. The summed E-state index contributed by atoms with van der Waals surface area (Å²) in [7, 11) is 0. The molecule has 3 N–H and O–H groups in total. The maximum Gasteiger partial charge on any atom is 0.322 e. The third kappa shape index (κ3) is 3.73. The van der Waals surface area contributed by atoms with Crippen LogP contribution in [0.1, 0.15) is 49.4 Å². The van der Waals surface area contributed by atoms with Gasteiger partial charge in [-0.05, 0) is 30.9 Å². The predicted molar refractivity (Wildman–Crippen MR) is 105 cm³/mol. The van der Waals surface area contributed by atoms with Crippen molar-refractivity contribution in [2.75, 3.05) is 18.8 Å². The van der Waals surface area contributed by atoms with Gasteiger partial charge in [-0.1, -0.05) is 44.2 Å². The number of ether oxygens (including phenoxy) is 1. The normalized spacial score (nSPS) is 17.5. The molecule has 4 rings (SSSR count). The summed E-state index contributed by atoms with van der Waals surface area (Å²) in [6, 6.07) is 10.6. The topological polar surface area (TPSA) is 90.4 Å². The second-order valence-electron chi connectivity index (χ2n) is 7.36. The Kier molecular flexibility index (Phi) is 4.94. The summed E-state index contributed by atoms with van der Waals surface area (Å²) >= 11 is 0. The molecule has 0 bridgehead atoms. The summed E-state index contributed by atoms with van der Waals surface area (Å²) < 4.78 is 7.64. The van der Waals surface area contributed by atoms with E-state index in [0.717, 1.165) is 49.3 Å². The van der Waals surface area contributed by atoms with Crippen LogP contribution in [-0.4, -0.2) is 38.8 Å². The van der Waals surface area contributed by atoms with Crippen LogP contribution < -0.4 is 15.8 Å². The quantitative estimate of drug-likeness (QED) is 0.721. The number of nitrogens with two attached hydrogens (primary N) is 1. The third-order valence-electron chi connectivity index (χ3n) is 4.92. The summed E-state index contributed by atoms with van der Waals surface area (Å²) in [6.45, 7) is 6.14. The first-order chi connectivity index (χ1) is 13.1. The van der Waals surface area contributed by atoms with Crippen molar-refractivity contribution in [2.24, 2.45) is 0 Å². The average molecular weight is 366 g/mol. The fourth-order valence-electron chi connectivity index (χ4n) is 3.63. The molecule has 27 heavy (non-hydrogen) atoms. The lowest BCUT2D eigenvalue weighted by Gasteiger charge is -2.22. The Balaban J connectivity index is 1.72. The number of aromatic nitrogens is 4. The van der Waals surface area contributed by atoms with Gasteiger partial charge in [0.2, 0.25) is 5.95 Å². The van der Waals surface area contributed by atoms with Gasteiger partial charge in [-0.2, -0.15) is 19.6 Å². The largest absolute Gasteiger partial charge is 0.459 e. The minimum atomic E-state index is 0.0785. The van der Waals surface area contributed by atoms with Gasteiger partial charge in [0.25, 0.3) is 0 Å². The number of nitrogens with one attached hydrogen (secondary N) is 1. The molecule has 1 saturated heterocycles. The highest BCUT2D eigenvalue weighted by Crippen LogP contribution is 2.28. The Morgan fingerprint density at radius 1 is 1.26 bits per heavy atom. The molecule has 0 saturated carbocycles. The minimum absolute atomic E-state index is 0.0785. The standard InChI is InChI=1S/C20H26N6O/c1-13(2)17-16(11-14-7-4-3-5-8-14)25-26-18(17)23-20(24-19(26)21)27-15-9-6-10-22-12-15/h3-5,7-8,13,15,22H,6,9-12H2,1-2H3,(H2,21,23,24)/t15-/m1/s1. The molecule has 7 nitrogen and oxygen atoms in total. The van der Waals surface area contributed by atoms with Gasteiger partial charge in [-0.15, -0.1) is 0 Å². The Morgan fingerprint density at radius 2 is 2.07 bits per heavy atom. The van der Waals surface area contributed by atoms with E-state index in [0.29, 0.717) is 12.0 Å². The second-order valence-corrected chi connectivity index (χ2v) is 7.36. The lowest BCUT2D eigenvalue weighted by Crippen LogP contribution is -2.37. The zero-order valence-electron chi connectivity index (χ0n) is 15.9. The van der Waals surface area contributed by atoms with Crippen molar-refractivity contribution >= 4 is 11.6 Å². The number of rotatable bonds is 5. The Morgan fingerprint density at radius 3 is 2.78 bits per heavy atom. The fraction of sp³-hybridized carbons (Fsp3) is 0.450. The fourth-order valence-corrected chi connectivity index (χ4v) is 3.63. The van der Waals surface area contributed by atoms with Crippen LogP contribution >= 0.6 is 0 Å². The summed E-state index contributed by atoms with van der Waals surface area (Å²) in [5.74, 6) is 0.569. The minimum Gasteiger partial charge on any atom is -0.459 e. The average Bonchev–Trinajstić information content (AvgIpc) is 3.02. The molecule has 0 radical (unpaired) electrons. The zero-order valence-corrected chi connectivity index (χ0v) is 15.9. The van der Waals surface area contributed by atoms with Gasteiger partial charge in [0, 0.05) is 18.5 Å². The van der Waals surface area contributed by atoms with E-state index in [1.165, 1.54) is 5.56 Å². The second kappa shape index (κ2) is 7.52. The molecule has 3 aromatic rings. The number of hydrogen-bond donors (Lipinski definition) is 2. The van der Waals surface area contributed by atoms with Crippen LogP contribution in [0.5, 0.6) is 6.01 Å². The Bertz CT molecular complexity index is 915. The molecule has 1 aromatic carbocycles. The molecule has 142 valence electrons. The molecule has 0 unspecified atom stereocenters. The highest BCUT2D eigenvalue weighted by Gasteiger charge is 2.22. The number of hydrogen-bond acceptors (Lipinski definition) is 6. The van der Waals surface area contributed by atoms with Crippen molar-refractivity contribution in [3.63, 3.8) is 0 Å². The van der Waals surface area contributed by atoms with Crippen molar-refractivity contribution in [1.82, 2.24) is 24.9 Å². The van der Waals surface area contributed by atoms with E-state index in [-0.39, 0.29) is 12.0 Å². The summed E-state index contributed by atoms with van der Waals surface area (Å²) in [5, 5.41) is 8.05. The van der Waals surface area contributed by atoms with E-state index in [1.54, 1.807) is 4.52 Å². The summed E-state index contributed by atoms with van der Waals surface area (Å²) in [4.78, 5) is 9.01. The Hall–Kier alpha value is -2.67. The van der Waals surface area contributed by atoms with Gasteiger partial charge >= 0.3 is 6.01 Å². The van der Waals surface area contributed by atoms with E-state index >= 15 is 0 Å². The molecule has 0 amide bonds. The number of nitrogen functional groups attached to an aromatic ring is 1. The van der Waals surface area contributed by atoms with E-state index < -0.39 is 0 Å². The molecule has 1 aliphatic heterocycles. The van der Waals surface area contributed by atoms with E-state index in [4.69, 9.17) is 15.6 Å². The van der Waals surface area contributed by atoms with Gasteiger partial charge in [0.05, 0.1) is 5.69 Å². The molecular formula is C20H26N6O. The third-order valence-corrected chi connectivity index (χ3v) is 4.92. The van der Waals surface area contributed by atoms with Crippen LogP contribution in [0, 0.1) is 0 Å². The van der Waals surface area contributed by atoms with Crippen LogP contribution in [0.4, 0.5) is 5.95 Å². The van der Waals surface area contributed by atoms with Crippen molar-refractivity contribution in [1.29, 1.82) is 0 Å². The maximum atomic E-state index is 6.19. The highest BCUT2D eigenvalue weighted by atomic mass is 16.5. The van der Waals surface area contributed by atoms with Gasteiger partial charge in [-0.25, -0.2) is 0 Å². The van der Waals surface area contributed by atoms with E-state index in [9.17, 15) is 0 Å². The van der Waals surface area contributed by atoms with Crippen LogP contribution in [-0.2, 0) is 6.42 Å². The smallest absolute Gasteiger partial charge is 0.322 e. The first-order valence-corrected chi connectivity index (χ1v) is 9.58. The summed E-state index contributed by atoms with van der Waals surface area (Å²) in [5.41, 5.74) is 10.2. The van der Waals surface area contributed by atoms with Gasteiger partial charge in [-0.3, -0.25) is 0 Å². The SMILES string of the molecule is CC(C)c1c(Cc2ccccc2)nn2c(N)nc(O[C@@H]3CCCNC3)nc12. The van der Waals surface area contributed by atoms with Crippen LogP contribution in [0.25, 0.3) is 5.65 Å². The zero-order chi connectivity index (χ0) is 18.8.